The lowest BCUT2D eigenvalue weighted by Gasteiger charge is -2.30. The maximum absolute atomic E-state index is 12.8. The van der Waals surface area contributed by atoms with E-state index in [4.69, 9.17) is 23.2 Å². The minimum Gasteiger partial charge on any atom is -0.508 e. The van der Waals surface area contributed by atoms with E-state index >= 15 is 0 Å². The number of nitrogens with zero attached hydrogens (tertiary/aromatic N) is 1. The molecular weight excluding hydrogens is 423 g/mol. The van der Waals surface area contributed by atoms with Crippen LogP contribution >= 0.6 is 23.2 Å². The Labute approximate surface area is 174 Å². The van der Waals surface area contributed by atoms with Crippen LogP contribution in [0.3, 0.4) is 0 Å². The first-order valence-corrected chi connectivity index (χ1v) is 11.0. The highest BCUT2D eigenvalue weighted by Gasteiger charge is 2.32. The molecule has 0 radical (unpaired) electrons. The third-order valence-corrected chi connectivity index (χ3v) is 6.99. The molecule has 1 heterocycles. The molecule has 0 aromatic heterocycles. The van der Waals surface area contributed by atoms with E-state index < -0.39 is 10.0 Å². The van der Waals surface area contributed by atoms with Crippen molar-refractivity contribution in [2.45, 2.75) is 24.3 Å². The molecule has 0 saturated carbocycles. The summed E-state index contributed by atoms with van der Waals surface area (Å²) < 4.78 is 26.9. The summed E-state index contributed by atoms with van der Waals surface area (Å²) in [6.07, 6.45) is 0.860. The van der Waals surface area contributed by atoms with Crippen LogP contribution in [0.15, 0.2) is 47.4 Å². The number of hydrogen-bond donors (Lipinski definition) is 2. The summed E-state index contributed by atoms with van der Waals surface area (Å²) in [5.74, 6) is -0.232. The molecule has 0 aliphatic carbocycles. The largest absolute Gasteiger partial charge is 0.508 e. The number of phenolic OH excluding ortho intramolecular Hbond substituents is 1. The second-order valence-corrected chi connectivity index (χ2v) is 9.48. The highest BCUT2D eigenvalue weighted by molar-refractivity contribution is 7.89. The van der Waals surface area contributed by atoms with Crippen LogP contribution in [0.2, 0.25) is 10.0 Å². The number of halogens is 2. The summed E-state index contributed by atoms with van der Waals surface area (Å²) in [7, 11) is -3.71. The summed E-state index contributed by atoms with van der Waals surface area (Å²) in [6.45, 7) is 0.806. The molecule has 2 aromatic rings. The number of piperidine rings is 1. The predicted octanol–water partition coefficient (Wildman–Crippen LogP) is 3.42. The van der Waals surface area contributed by atoms with E-state index in [1.807, 2.05) is 6.07 Å². The van der Waals surface area contributed by atoms with Gasteiger partial charge in [0.1, 0.15) is 5.75 Å². The van der Waals surface area contributed by atoms with Gasteiger partial charge in [-0.15, -0.1) is 0 Å². The zero-order valence-electron chi connectivity index (χ0n) is 14.9. The van der Waals surface area contributed by atoms with Gasteiger partial charge in [-0.25, -0.2) is 8.42 Å². The molecule has 1 aliphatic heterocycles. The fraction of sp³-hybridized carbons (Fsp3) is 0.316. The molecule has 3 rings (SSSR count). The van der Waals surface area contributed by atoms with Crippen molar-refractivity contribution in [2.24, 2.45) is 5.92 Å². The van der Waals surface area contributed by atoms with Gasteiger partial charge < -0.3 is 10.4 Å². The second kappa shape index (κ2) is 8.69. The van der Waals surface area contributed by atoms with Gasteiger partial charge in [-0.2, -0.15) is 4.31 Å². The maximum Gasteiger partial charge on any atom is 0.243 e. The number of aromatic hydroxyl groups is 1. The Morgan fingerprint density at radius 1 is 1.11 bits per heavy atom. The van der Waals surface area contributed by atoms with Gasteiger partial charge in [0.05, 0.1) is 4.90 Å². The van der Waals surface area contributed by atoms with Crippen LogP contribution in [0.5, 0.6) is 5.75 Å². The van der Waals surface area contributed by atoms with Crippen LogP contribution in [0.4, 0.5) is 0 Å². The third-order valence-electron chi connectivity index (χ3n) is 4.68. The number of amides is 1. The molecule has 1 saturated heterocycles. The van der Waals surface area contributed by atoms with E-state index in [0.29, 0.717) is 19.4 Å². The summed E-state index contributed by atoms with van der Waals surface area (Å²) in [6, 6.07) is 10.9. The van der Waals surface area contributed by atoms with Gasteiger partial charge in [-0.05, 0) is 48.7 Å². The number of benzene rings is 2. The van der Waals surface area contributed by atoms with Crippen LogP contribution < -0.4 is 5.32 Å². The lowest BCUT2D eigenvalue weighted by atomic mass is 9.97. The number of sulfonamides is 1. The summed E-state index contributed by atoms with van der Waals surface area (Å²) >= 11 is 11.8. The minimum absolute atomic E-state index is 0.0526. The first-order valence-electron chi connectivity index (χ1n) is 8.77. The first-order chi connectivity index (χ1) is 13.3. The zero-order valence-corrected chi connectivity index (χ0v) is 17.3. The molecule has 0 bridgehead atoms. The van der Waals surface area contributed by atoms with Crippen molar-refractivity contribution in [3.05, 3.63) is 58.1 Å². The fourth-order valence-corrected chi connectivity index (χ4v) is 5.38. The van der Waals surface area contributed by atoms with E-state index in [-0.39, 0.29) is 45.6 Å². The predicted molar refractivity (Wildman–Crippen MR) is 108 cm³/mol. The molecular formula is C19H20Cl2N2O4S. The Kier molecular flexibility index (Phi) is 6.50. The number of nitrogens with one attached hydrogen (secondary N) is 1. The van der Waals surface area contributed by atoms with E-state index in [2.05, 4.69) is 5.32 Å². The molecule has 0 unspecified atom stereocenters. The molecule has 150 valence electrons. The highest BCUT2D eigenvalue weighted by atomic mass is 35.5. The molecule has 0 atom stereocenters. The smallest absolute Gasteiger partial charge is 0.243 e. The normalized spacial score (nSPS) is 16.1. The van der Waals surface area contributed by atoms with Gasteiger partial charge in [0, 0.05) is 35.6 Å². The molecule has 9 heteroatoms. The SMILES string of the molecule is O=C(NCc1cccc(O)c1)C1CCN(S(=O)(=O)c2cc(Cl)cc(Cl)c2)CC1. The van der Waals surface area contributed by atoms with Gasteiger partial charge in [0.2, 0.25) is 15.9 Å². The van der Waals surface area contributed by atoms with Crippen molar-refractivity contribution in [2.75, 3.05) is 13.1 Å². The summed E-state index contributed by atoms with van der Waals surface area (Å²) in [4.78, 5) is 12.4. The fourth-order valence-electron chi connectivity index (χ4n) is 3.18. The summed E-state index contributed by atoms with van der Waals surface area (Å²) in [5.41, 5.74) is 0.797. The lowest BCUT2D eigenvalue weighted by Crippen LogP contribution is -2.42. The Bertz CT molecular complexity index is 953. The molecule has 6 nitrogen and oxygen atoms in total. The van der Waals surface area contributed by atoms with Gasteiger partial charge in [-0.1, -0.05) is 35.3 Å². The number of carbonyl (C=O) groups is 1. The number of rotatable bonds is 5. The quantitative estimate of drug-likeness (QED) is 0.742. The van der Waals surface area contributed by atoms with Crippen LogP contribution in [0, 0.1) is 5.92 Å². The highest BCUT2D eigenvalue weighted by Crippen LogP contribution is 2.28. The standard InChI is InChI=1S/C19H20Cl2N2O4S/c20-15-9-16(21)11-18(10-15)28(26,27)23-6-4-14(5-7-23)19(25)22-12-13-2-1-3-17(24)8-13/h1-3,8-11,14,24H,4-7,12H2,(H,22,25). The Morgan fingerprint density at radius 3 is 2.36 bits per heavy atom. The average molecular weight is 443 g/mol. The molecule has 0 spiro atoms. The van der Waals surface area contributed by atoms with Gasteiger partial charge >= 0.3 is 0 Å². The van der Waals surface area contributed by atoms with Crippen LogP contribution in [0.25, 0.3) is 0 Å². The van der Waals surface area contributed by atoms with Gasteiger partial charge in [-0.3, -0.25) is 4.79 Å². The zero-order chi connectivity index (χ0) is 20.3. The molecule has 2 N–H and O–H groups in total. The topological polar surface area (TPSA) is 86.7 Å². The van der Waals surface area contributed by atoms with Crippen molar-refractivity contribution in [1.82, 2.24) is 9.62 Å². The molecule has 1 aliphatic rings. The summed E-state index contributed by atoms with van der Waals surface area (Å²) in [5, 5.41) is 12.8. The lowest BCUT2D eigenvalue weighted by molar-refractivity contribution is -0.126. The van der Waals surface area contributed by atoms with Crippen LogP contribution in [-0.4, -0.2) is 36.8 Å². The van der Waals surface area contributed by atoms with Crippen molar-refractivity contribution in [3.8, 4) is 5.75 Å². The average Bonchev–Trinajstić information content (AvgIpc) is 2.65. The molecule has 2 aromatic carbocycles. The third kappa shape index (κ3) is 4.97. The first kappa shape index (κ1) is 20.9. The van der Waals surface area contributed by atoms with Gasteiger partial charge in [0.25, 0.3) is 0 Å². The number of hydrogen-bond acceptors (Lipinski definition) is 4. The minimum atomic E-state index is -3.71. The molecule has 28 heavy (non-hydrogen) atoms. The van der Waals surface area contributed by atoms with Crippen molar-refractivity contribution in [1.29, 1.82) is 0 Å². The van der Waals surface area contributed by atoms with Gasteiger partial charge in [0.15, 0.2) is 0 Å². The Morgan fingerprint density at radius 2 is 1.75 bits per heavy atom. The molecule has 1 amide bonds. The van der Waals surface area contributed by atoms with Crippen molar-refractivity contribution in [3.63, 3.8) is 0 Å². The Balaban J connectivity index is 1.58. The van der Waals surface area contributed by atoms with Crippen molar-refractivity contribution >= 4 is 39.1 Å². The van der Waals surface area contributed by atoms with Crippen molar-refractivity contribution < 1.29 is 18.3 Å². The van der Waals surface area contributed by atoms with E-state index in [1.54, 1.807) is 18.2 Å². The second-order valence-electron chi connectivity index (χ2n) is 6.67. The van der Waals surface area contributed by atoms with E-state index in [0.717, 1.165) is 5.56 Å². The Hall–Kier alpha value is -1.80. The van der Waals surface area contributed by atoms with E-state index in [1.165, 1.54) is 22.5 Å². The number of phenols is 1. The van der Waals surface area contributed by atoms with Crippen LogP contribution in [-0.2, 0) is 21.4 Å². The molecule has 1 fully saturated rings. The monoisotopic (exact) mass is 442 g/mol. The van der Waals surface area contributed by atoms with E-state index in [9.17, 15) is 18.3 Å². The maximum atomic E-state index is 12.8. The number of carbonyl (C=O) groups excluding carboxylic acids is 1. The van der Waals surface area contributed by atoms with Crippen LogP contribution in [0.1, 0.15) is 18.4 Å².